The number of unbranched alkanes of at least 4 members (excludes halogenated alkanes) is 3. The fourth-order valence-electron chi connectivity index (χ4n) is 0.958. The number of allylic oxidation sites excluding steroid dienone is 2. The summed E-state index contributed by atoms with van der Waals surface area (Å²) in [6, 6.07) is 0. The lowest BCUT2D eigenvalue weighted by atomic mass is 10.1. The summed E-state index contributed by atoms with van der Waals surface area (Å²) in [6.07, 6.45) is 8.69. The third-order valence-corrected chi connectivity index (χ3v) is 1.77. The summed E-state index contributed by atoms with van der Waals surface area (Å²) in [7, 11) is 0. The highest BCUT2D eigenvalue weighted by molar-refractivity contribution is 5.72. The quantitative estimate of drug-likeness (QED) is 0.326. The highest BCUT2D eigenvalue weighted by Gasteiger charge is 1.89. The molecule has 0 aromatic heterocycles. The highest BCUT2D eigenvalue weighted by atomic mass is 16.1. The maximum atomic E-state index is 10.3. The molecule has 0 aliphatic heterocycles. The predicted molar refractivity (Wildman–Crippen MR) is 48.6 cm³/mol. The zero-order valence-corrected chi connectivity index (χ0v) is 7.60. The molecule has 0 spiro atoms. The van der Waals surface area contributed by atoms with Crippen molar-refractivity contribution in [2.75, 3.05) is 0 Å². The minimum absolute atomic E-state index is 0.871. The van der Waals surface area contributed by atoms with E-state index < -0.39 is 0 Å². The summed E-state index contributed by atoms with van der Waals surface area (Å²) < 4.78 is 0. The second-order valence-electron chi connectivity index (χ2n) is 2.75. The zero-order valence-electron chi connectivity index (χ0n) is 7.60. The Bertz CT molecular complexity index is 125. The van der Waals surface area contributed by atoms with Crippen molar-refractivity contribution >= 4 is 6.29 Å². The number of carbonyl (C=O) groups excluding carboxylic acids is 1. The van der Waals surface area contributed by atoms with Crippen LogP contribution >= 0.6 is 0 Å². The molecule has 0 N–H and O–H groups in total. The average Bonchev–Trinajstić information content (AvgIpc) is 2.05. The monoisotopic (exact) mass is 154 g/mol. The molecule has 0 saturated heterocycles. The van der Waals surface area contributed by atoms with Crippen LogP contribution < -0.4 is 0 Å². The van der Waals surface area contributed by atoms with Gasteiger partial charge in [-0.1, -0.05) is 32.8 Å². The lowest BCUT2D eigenvalue weighted by Crippen LogP contribution is -1.81. The van der Waals surface area contributed by atoms with Crippen molar-refractivity contribution in [2.45, 2.75) is 46.0 Å². The molecule has 0 amide bonds. The minimum atomic E-state index is 0.871. The Morgan fingerprint density at radius 1 is 1.27 bits per heavy atom. The Morgan fingerprint density at radius 2 is 2.00 bits per heavy atom. The lowest BCUT2D eigenvalue weighted by Gasteiger charge is -1.94. The van der Waals surface area contributed by atoms with Crippen LogP contribution in [-0.2, 0) is 4.79 Å². The fraction of sp³-hybridized carbons (Fsp3) is 0.700. The Balaban J connectivity index is 3.44. The van der Waals surface area contributed by atoms with E-state index in [1.165, 1.54) is 19.3 Å². The van der Waals surface area contributed by atoms with E-state index in [0.717, 1.165) is 24.7 Å². The standard InChI is InChI=1S/C10H18O/c1-3-5-6-7-8-10(4-2)9-11/h8-9H,3-7H2,1-2H3. The van der Waals surface area contributed by atoms with Gasteiger partial charge in [0.1, 0.15) is 6.29 Å². The van der Waals surface area contributed by atoms with Crippen LogP contribution in [0.15, 0.2) is 11.6 Å². The Kier molecular flexibility index (Phi) is 7.11. The van der Waals surface area contributed by atoms with Crippen LogP contribution in [0.25, 0.3) is 0 Å². The summed E-state index contributed by atoms with van der Waals surface area (Å²) in [6.45, 7) is 4.20. The van der Waals surface area contributed by atoms with Crippen molar-refractivity contribution in [1.29, 1.82) is 0 Å². The van der Waals surface area contributed by atoms with E-state index in [0.29, 0.717) is 0 Å². The molecule has 0 bridgehead atoms. The van der Waals surface area contributed by atoms with Crippen molar-refractivity contribution in [3.8, 4) is 0 Å². The minimum Gasteiger partial charge on any atom is -0.298 e. The molecular weight excluding hydrogens is 136 g/mol. The van der Waals surface area contributed by atoms with Gasteiger partial charge >= 0.3 is 0 Å². The molecule has 0 heterocycles. The van der Waals surface area contributed by atoms with E-state index in [-0.39, 0.29) is 0 Å². The van der Waals surface area contributed by atoms with Gasteiger partial charge < -0.3 is 0 Å². The van der Waals surface area contributed by atoms with Crippen molar-refractivity contribution in [3.05, 3.63) is 11.6 Å². The molecule has 0 aromatic rings. The summed E-state index contributed by atoms with van der Waals surface area (Å²) in [4.78, 5) is 10.3. The molecule has 0 aromatic carbocycles. The van der Waals surface area contributed by atoms with Crippen LogP contribution in [-0.4, -0.2) is 6.29 Å². The van der Waals surface area contributed by atoms with E-state index in [4.69, 9.17) is 0 Å². The predicted octanol–water partition coefficient (Wildman–Crippen LogP) is 3.10. The molecule has 0 radical (unpaired) electrons. The van der Waals surface area contributed by atoms with Crippen molar-refractivity contribution in [2.24, 2.45) is 0 Å². The van der Waals surface area contributed by atoms with Gasteiger partial charge in [-0.25, -0.2) is 0 Å². The van der Waals surface area contributed by atoms with Crippen molar-refractivity contribution < 1.29 is 4.79 Å². The third kappa shape index (κ3) is 5.84. The third-order valence-electron chi connectivity index (χ3n) is 1.77. The first kappa shape index (κ1) is 10.4. The molecule has 1 heteroatoms. The topological polar surface area (TPSA) is 17.1 Å². The summed E-state index contributed by atoms with van der Waals surface area (Å²) >= 11 is 0. The molecule has 0 rings (SSSR count). The highest BCUT2D eigenvalue weighted by Crippen LogP contribution is 2.04. The molecule has 0 fully saturated rings. The number of rotatable bonds is 6. The van der Waals surface area contributed by atoms with Crippen molar-refractivity contribution in [1.82, 2.24) is 0 Å². The maximum Gasteiger partial charge on any atom is 0.145 e. The Labute approximate surface area is 69.5 Å². The number of hydrogen-bond donors (Lipinski definition) is 0. The number of aldehydes is 1. The van der Waals surface area contributed by atoms with Crippen LogP contribution in [0.5, 0.6) is 0 Å². The molecule has 0 atom stereocenters. The van der Waals surface area contributed by atoms with E-state index >= 15 is 0 Å². The molecule has 11 heavy (non-hydrogen) atoms. The van der Waals surface area contributed by atoms with Crippen LogP contribution in [0.3, 0.4) is 0 Å². The van der Waals surface area contributed by atoms with Gasteiger partial charge in [0, 0.05) is 0 Å². The largest absolute Gasteiger partial charge is 0.298 e. The molecule has 0 aliphatic carbocycles. The molecule has 0 unspecified atom stereocenters. The molecular formula is C10H18O. The maximum absolute atomic E-state index is 10.3. The Hall–Kier alpha value is -0.590. The zero-order chi connectivity index (χ0) is 8.53. The van der Waals surface area contributed by atoms with Gasteiger partial charge in [0.05, 0.1) is 0 Å². The van der Waals surface area contributed by atoms with Gasteiger partial charge in [-0.05, 0) is 24.8 Å². The fourth-order valence-corrected chi connectivity index (χ4v) is 0.958. The van der Waals surface area contributed by atoms with E-state index in [1.807, 2.05) is 6.92 Å². The molecule has 0 aliphatic rings. The normalized spacial score (nSPS) is 11.6. The Morgan fingerprint density at radius 3 is 2.45 bits per heavy atom. The summed E-state index contributed by atoms with van der Waals surface area (Å²) in [5.41, 5.74) is 0.945. The summed E-state index contributed by atoms with van der Waals surface area (Å²) in [5.74, 6) is 0. The molecule has 64 valence electrons. The first-order valence-electron chi connectivity index (χ1n) is 4.49. The first-order chi connectivity index (χ1) is 5.35. The van der Waals surface area contributed by atoms with Gasteiger partial charge in [0.2, 0.25) is 0 Å². The van der Waals surface area contributed by atoms with Gasteiger partial charge in [0.15, 0.2) is 0 Å². The van der Waals surface area contributed by atoms with Gasteiger partial charge in [0.25, 0.3) is 0 Å². The number of hydrogen-bond acceptors (Lipinski definition) is 1. The first-order valence-corrected chi connectivity index (χ1v) is 4.49. The van der Waals surface area contributed by atoms with Crippen LogP contribution in [0.1, 0.15) is 46.0 Å². The van der Waals surface area contributed by atoms with Gasteiger partial charge in [-0.3, -0.25) is 4.79 Å². The molecule has 1 nitrogen and oxygen atoms in total. The SMILES string of the molecule is CCCCCC=C(C=O)CC. The molecule has 0 saturated carbocycles. The smallest absolute Gasteiger partial charge is 0.145 e. The van der Waals surface area contributed by atoms with Crippen LogP contribution in [0.4, 0.5) is 0 Å². The second-order valence-corrected chi connectivity index (χ2v) is 2.75. The van der Waals surface area contributed by atoms with Crippen LogP contribution in [0.2, 0.25) is 0 Å². The van der Waals surface area contributed by atoms with Crippen LogP contribution in [0, 0.1) is 0 Å². The van der Waals surface area contributed by atoms with E-state index in [1.54, 1.807) is 0 Å². The van der Waals surface area contributed by atoms with Crippen molar-refractivity contribution in [3.63, 3.8) is 0 Å². The van der Waals surface area contributed by atoms with Gasteiger partial charge in [-0.15, -0.1) is 0 Å². The average molecular weight is 154 g/mol. The second kappa shape index (κ2) is 7.52. The lowest BCUT2D eigenvalue weighted by molar-refractivity contribution is -0.105. The number of carbonyl (C=O) groups is 1. The summed E-state index contributed by atoms with van der Waals surface area (Å²) in [5, 5.41) is 0. The van der Waals surface area contributed by atoms with E-state index in [2.05, 4.69) is 13.0 Å². The van der Waals surface area contributed by atoms with E-state index in [9.17, 15) is 4.79 Å². The van der Waals surface area contributed by atoms with Gasteiger partial charge in [-0.2, -0.15) is 0 Å².